The zero-order chi connectivity index (χ0) is 13.8. The van der Waals surface area contributed by atoms with E-state index in [9.17, 15) is 4.79 Å². The second-order valence-electron chi connectivity index (χ2n) is 3.87. The average molecular weight is 385 g/mol. The number of aromatic amines is 1. The molecule has 0 aliphatic rings. The summed E-state index contributed by atoms with van der Waals surface area (Å²) >= 11 is 6.58. The van der Waals surface area contributed by atoms with E-state index in [1.165, 1.54) is 0 Å². The minimum Gasteiger partial charge on any atom is -0.401 e. The fourth-order valence-electron chi connectivity index (χ4n) is 1.50. The monoisotopic (exact) mass is 383 g/mol. The van der Waals surface area contributed by atoms with Crippen LogP contribution in [0.4, 0.5) is 0 Å². The zero-order valence-electron chi connectivity index (χ0n) is 9.86. The van der Waals surface area contributed by atoms with Crippen molar-refractivity contribution < 1.29 is 0 Å². The van der Waals surface area contributed by atoms with Crippen LogP contribution < -0.4 is 11.3 Å². The Bertz CT molecular complexity index is 662. The summed E-state index contributed by atoms with van der Waals surface area (Å²) < 4.78 is 0.983. The molecule has 3 N–H and O–H groups in total. The lowest BCUT2D eigenvalue weighted by atomic mass is 10.2. The summed E-state index contributed by atoms with van der Waals surface area (Å²) in [6, 6.07) is 7.62. The summed E-state index contributed by atoms with van der Waals surface area (Å²) in [5.41, 5.74) is 7.82. The second-order valence-corrected chi connectivity index (χ2v) is 5.35. The number of hydrogen-bond donors (Lipinski definition) is 2. The highest BCUT2D eigenvalue weighted by molar-refractivity contribution is 9.10. The number of hydrogen-bond acceptors (Lipinski definition) is 3. The number of H-pyrrole nitrogens is 1. The number of halogens is 2. The highest BCUT2D eigenvalue weighted by Crippen LogP contribution is 2.18. The van der Waals surface area contributed by atoms with Crippen LogP contribution in [0.3, 0.4) is 0 Å². The SMILES string of the molecule is N/C(=C\c1ncc(-c2ccc(Br)cc2)[nH]c1=O)CBr. The highest BCUT2D eigenvalue weighted by Gasteiger charge is 2.03. The normalized spacial score (nSPS) is 11.6. The van der Waals surface area contributed by atoms with Crippen LogP contribution >= 0.6 is 31.9 Å². The third-order valence-electron chi connectivity index (χ3n) is 2.45. The summed E-state index contributed by atoms with van der Waals surface area (Å²) in [7, 11) is 0. The first kappa shape index (κ1) is 14.0. The van der Waals surface area contributed by atoms with Gasteiger partial charge in [0.1, 0.15) is 5.69 Å². The molecule has 1 aromatic carbocycles. The maximum Gasteiger partial charge on any atom is 0.274 e. The van der Waals surface area contributed by atoms with Gasteiger partial charge in [-0.3, -0.25) is 4.79 Å². The lowest BCUT2D eigenvalue weighted by Crippen LogP contribution is -2.13. The smallest absolute Gasteiger partial charge is 0.274 e. The van der Waals surface area contributed by atoms with Crippen molar-refractivity contribution in [3.05, 3.63) is 56.7 Å². The van der Waals surface area contributed by atoms with Crippen molar-refractivity contribution in [3.63, 3.8) is 0 Å². The van der Waals surface area contributed by atoms with Gasteiger partial charge in [-0.1, -0.05) is 44.0 Å². The molecule has 0 aliphatic carbocycles. The predicted molar refractivity (Wildman–Crippen MR) is 84.0 cm³/mol. The Morgan fingerprint density at radius 3 is 2.63 bits per heavy atom. The molecular weight excluding hydrogens is 374 g/mol. The third-order valence-corrected chi connectivity index (χ3v) is 3.62. The Kier molecular flexibility index (Phi) is 4.55. The van der Waals surface area contributed by atoms with Crippen molar-refractivity contribution in [3.8, 4) is 11.3 Å². The fraction of sp³-hybridized carbons (Fsp3) is 0.0769. The van der Waals surface area contributed by atoms with Crippen molar-refractivity contribution in [1.29, 1.82) is 0 Å². The minimum absolute atomic E-state index is 0.260. The van der Waals surface area contributed by atoms with E-state index in [4.69, 9.17) is 5.73 Å². The Hall–Kier alpha value is -1.40. The Balaban J connectivity index is 2.39. The van der Waals surface area contributed by atoms with Gasteiger partial charge >= 0.3 is 0 Å². The van der Waals surface area contributed by atoms with E-state index in [-0.39, 0.29) is 5.56 Å². The number of benzene rings is 1. The number of alkyl halides is 1. The van der Waals surface area contributed by atoms with E-state index in [0.29, 0.717) is 22.4 Å². The van der Waals surface area contributed by atoms with Gasteiger partial charge in [0.2, 0.25) is 0 Å². The molecular formula is C13H11Br2N3O. The third kappa shape index (κ3) is 3.54. The van der Waals surface area contributed by atoms with Crippen LogP contribution in [0.1, 0.15) is 5.69 Å². The van der Waals surface area contributed by atoms with E-state index in [2.05, 4.69) is 41.8 Å². The lowest BCUT2D eigenvalue weighted by molar-refractivity contribution is 1.12. The average Bonchev–Trinajstić information content (AvgIpc) is 2.41. The van der Waals surface area contributed by atoms with Gasteiger partial charge in [0.15, 0.2) is 0 Å². The van der Waals surface area contributed by atoms with Crippen LogP contribution in [0, 0.1) is 0 Å². The molecule has 2 rings (SSSR count). The molecule has 0 aliphatic heterocycles. The van der Waals surface area contributed by atoms with E-state index >= 15 is 0 Å². The molecule has 0 saturated carbocycles. The summed E-state index contributed by atoms with van der Waals surface area (Å²) in [5.74, 6) is 0. The topological polar surface area (TPSA) is 71.8 Å². The largest absolute Gasteiger partial charge is 0.401 e. The van der Waals surface area contributed by atoms with Gasteiger partial charge in [0.05, 0.1) is 11.9 Å². The van der Waals surface area contributed by atoms with Crippen molar-refractivity contribution in [2.75, 3.05) is 5.33 Å². The maximum absolute atomic E-state index is 11.9. The molecule has 0 bridgehead atoms. The molecule has 0 amide bonds. The molecule has 98 valence electrons. The number of rotatable bonds is 3. The lowest BCUT2D eigenvalue weighted by Gasteiger charge is -2.02. The molecule has 4 nitrogen and oxygen atoms in total. The molecule has 0 saturated heterocycles. The summed E-state index contributed by atoms with van der Waals surface area (Å²) in [6.07, 6.45) is 3.18. The fourth-order valence-corrected chi connectivity index (χ4v) is 1.93. The summed E-state index contributed by atoms with van der Waals surface area (Å²) in [5, 5.41) is 0.503. The van der Waals surface area contributed by atoms with Crippen molar-refractivity contribution in [2.24, 2.45) is 5.73 Å². The van der Waals surface area contributed by atoms with Crippen LogP contribution in [0.15, 0.2) is 45.4 Å². The number of aromatic nitrogens is 2. The number of nitrogens with two attached hydrogens (primary N) is 1. The molecule has 0 unspecified atom stereocenters. The molecule has 1 aromatic heterocycles. The van der Waals surface area contributed by atoms with E-state index in [1.807, 2.05) is 24.3 Å². The Morgan fingerprint density at radius 2 is 2.05 bits per heavy atom. The summed E-state index contributed by atoms with van der Waals surface area (Å²) in [6.45, 7) is 0. The van der Waals surface area contributed by atoms with E-state index in [1.54, 1.807) is 12.3 Å². The number of allylic oxidation sites excluding steroid dienone is 1. The quantitative estimate of drug-likeness (QED) is 0.799. The standard InChI is InChI=1S/C13H11Br2N3O/c14-6-10(16)5-11-13(19)18-12(7-17-11)8-1-3-9(15)4-2-8/h1-5,7H,6,16H2,(H,18,19)/b10-5-. The zero-order valence-corrected chi connectivity index (χ0v) is 13.0. The highest BCUT2D eigenvalue weighted by atomic mass is 79.9. The van der Waals surface area contributed by atoms with Gasteiger partial charge in [-0.15, -0.1) is 0 Å². The molecule has 0 radical (unpaired) electrons. The molecule has 6 heteroatoms. The van der Waals surface area contributed by atoms with Crippen molar-refractivity contribution in [1.82, 2.24) is 9.97 Å². The molecule has 2 aromatic rings. The predicted octanol–water partition coefficient (Wildman–Crippen LogP) is 2.89. The Labute approximate surface area is 127 Å². The van der Waals surface area contributed by atoms with Gasteiger partial charge < -0.3 is 10.7 Å². The first-order chi connectivity index (χ1) is 9.10. The second kappa shape index (κ2) is 6.16. The number of nitrogens with one attached hydrogen (secondary N) is 1. The Morgan fingerprint density at radius 1 is 1.37 bits per heavy atom. The van der Waals surface area contributed by atoms with Gasteiger partial charge in [0.25, 0.3) is 5.56 Å². The van der Waals surface area contributed by atoms with Gasteiger partial charge in [-0.05, 0) is 23.8 Å². The van der Waals surface area contributed by atoms with Crippen LogP contribution in [-0.4, -0.2) is 15.3 Å². The van der Waals surface area contributed by atoms with Gasteiger partial charge in [0, 0.05) is 15.5 Å². The molecule has 0 atom stereocenters. The number of nitrogens with zero attached hydrogens (tertiary/aromatic N) is 1. The van der Waals surface area contributed by atoms with Gasteiger partial charge in [-0.25, -0.2) is 4.98 Å². The van der Waals surface area contributed by atoms with Crippen LogP contribution in [0.25, 0.3) is 17.3 Å². The van der Waals surface area contributed by atoms with Crippen LogP contribution in [0.5, 0.6) is 0 Å². The summed E-state index contributed by atoms with van der Waals surface area (Å²) in [4.78, 5) is 18.8. The molecule has 19 heavy (non-hydrogen) atoms. The first-order valence-electron chi connectivity index (χ1n) is 5.47. The molecule has 0 spiro atoms. The van der Waals surface area contributed by atoms with Crippen LogP contribution in [0.2, 0.25) is 0 Å². The van der Waals surface area contributed by atoms with E-state index in [0.717, 1.165) is 10.0 Å². The van der Waals surface area contributed by atoms with Crippen molar-refractivity contribution in [2.45, 2.75) is 0 Å². The molecule has 1 heterocycles. The van der Waals surface area contributed by atoms with E-state index < -0.39 is 0 Å². The minimum atomic E-state index is -0.260. The van der Waals surface area contributed by atoms with Crippen molar-refractivity contribution >= 4 is 37.9 Å². The van der Waals surface area contributed by atoms with Crippen LogP contribution in [-0.2, 0) is 0 Å². The maximum atomic E-state index is 11.9. The van der Waals surface area contributed by atoms with Gasteiger partial charge in [-0.2, -0.15) is 0 Å². The first-order valence-corrected chi connectivity index (χ1v) is 7.39. The molecule has 0 fully saturated rings.